The highest BCUT2D eigenvalue weighted by atomic mass is 79.9. The number of rotatable bonds is 4. The van der Waals surface area contributed by atoms with Crippen LogP contribution in [-0.2, 0) is 6.42 Å². The maximum atomic E-state index is 6.05. The molecule has 0 amide bonds. The van der Waals surface area contributed by atoms with Gasteiger partial charge in [0.15, 0.2) is 0 Å². The average Bonchev–Trinajstić information content (AvgIpc) is 2.61. The van der Waals surface area contributed by atoms with Crippen molar-refractivity contribution < 1.29 is 4.42 Å². The fraction of sp³-hybridized carbons (Fsp3) is 0.385. The van der Waals surface area contributed by atoms with Gasteiger partial charge in [0.2, 0.25) is 0 Å². The molecule has 0 unspecified atom stereocenters. The van der Waals surface area contributed by atoms with Crippen molar-refractivity contribution in [1.29, 1.82) is 0 Å². The second-order valence-electron chi connectivity index (χ2n) is 4.38. The summed E-state index contributed by atoms with van der Waals surface area (Å²) in [6.45, 7) is 5.22. The lowest BCUT2D eigenvalue weighted by Crippen LogP contribution is -2.24. The predicted molar refractivity (Wildman–Crippen MR) is 75.8 cm³/mol. The monoisotopic (exact) mass is 315 g/mol. The Kier molecular flexibility index (Phi) is 4.13. The van der Waals surface area contributed by atoms with Crippen LogP contribution in [0.25, 0.3) is 11.0 Å². The van der Waals surface area contributed by atoms with Gasteiger partial charge in [-0.25, -0.2) is 0 Å². The first kappa shape index (κ1) is 12.9. The van der Waals surface area contributed by atoms with E-state index in [1.165, 1.54) is 5.56 Å². The number of benzene rings is 1. The summed E-state index contributed by atoms with van der Waals surface area (Å²) < 4.78 is 6.46. The smallest absolute Gasteiger partial charge is 0.148 e. The molecular formula is C13H15BrClNO. The van der Waals surface area contributed by atoms with Crippen LogP contribution in [0.4, 0.5) is 0 Å². The van der Waals surface area contributed by atoms with E-state index in [9.17, 15) is 0 Å². The summed E-state index contributed by atoms with van der Waals surface area (Å²) in [6, 6.07) is 4.31. The third-order valence-electron chi connectivity index (χ3n) is 2.62. The van der Waals surface area contributed by atoms with Gasteiger partial charge in [0.05, 0.1) is 10.7 Å². The average molecular weight is 317 g/mol. The van der Waals surface area contributed by atoms with Crippen molar-refractivity contribution in [3.63, 3.8) is 0 Å². The molecule has 92 valence electrons. The molecule has 1 aromatic carbocycles. The molecule has 2 aromatic rings. The van der Waals surface area contributed by atoms with Gasteiger partial charge in [0.1, 0.15) is 5.58 Å². The quantitative estimate of drug-likeness (QED) is 0.905. The fourth-order valence-corrected chi connectivity index (χ4v) is 2.70. The van der Waals surface area contributed by atoms with Gasteiger partial charge in [0, 0.05) is 16.5 Å². The highest BCUT2D eigenvalue weighted by Crippen LogP contribution is 2.31. The van der Waals surface area contributed by atoms with Gasteiger partial charge >= 0.3 is 0 Å². The maximum Gasteiger partial charge on any atom is 0.148 e. The molecule has 0 saturated carbocycles. The molecule has 0 aliphatic rings. The summed E-state index contributed by atoms with van der Waals surface area (Å²) in [7, 11) is 0. The lowest BCUT2D eigenvalue weighted by atomic mass is 10.1. The molecule has 0 saturated heterocycles. The molecule has 0 fully saturated rings. The molecule has 0 atom stereocenters. The normalized spacial score (nSPS) is 11.6. The largest absolute Gasteiger partial charge is 0.463 e. The molecule has 2 rings (SSSR count). The molecule has 1 N–H and O–H groups in total. The number of nitrogens with one attached hydrogen (secondary N) is 1. The van der Waals surface area contributed by atoms with Crippen LogP contribution in [0, 0.1) is 0 Å². The summed E-state index contributed by atoms with van der Waals surface area (Å²) in [4.78, 5) is 0. The molecule has 0 aliphatic carbocycles. The van der Waals surface area contributed by atoms with Gasteiger partial charge in [-0.2, -0.15) is 0 Å². The Morgan fingerprint density at radius 3 is 2.88 bits per heavy atom. The van der Waals surface area contributed by atoms with Crippen molar-refractivity contribution in [2.45, 2.75) is 26.3 Å². The van der Waals surface area contributed by atoms with Gasteiger partial charge in [-0.15, -0.1) is 0 Å². The molecule has 4 heteroatoms. The number of hydrogen-bond acceptors (Lipinski definition) is 2. The number of fused-ring (bicyclic) bond motifs is 1. The van der Waals surface area contributed by atoms with Crippen molar-refractivity contribution in [2.24, 2.45) is 0 Å². The topological polar surface area (TPSA) is 25.2 Å². The van der Waals surface area contributed by atoms with E-state index in [1.54, 1.807) is 0 Å². The van der Waals surface area contributed by atoms with E-state index >= 15 is 0 Å². The van der Waals surface area contributed by atoms with Gasteiger partial charge in [-0.05, 0) is 46.6 Å². The van der Waals surface area contributed by atoms with Crippen LogP contribution in [0.15, 0.2) is 27.3 Å². The first-order chi connectivity index (χ1) is 8.08. The molecule has 1 aromatic heterocycles. The predicted octanol–water partition coefficient (Wildman–Crippen LogP) is 4.39. The highest BCUT2D eigenvalue weighted by molar-refractivity contribution is 9.10. The highest BCUT2D eigenvalue weighted by Gasteiger charge is 2.10. The number of furan rings is 1. The fourth-order valence-electron chi connectivity index (χ4n) is 1.80. The maximum absolute atomic E-state index is 6.05. The van der Waals surface area contributed by atoms with E-state index < -0.39 is 0 Å². The summed E-state index contributed by atoms with van der Waals surface area (Å²) >= 11 is 9.51. The van der Waals surface area contributed by atoms with E-state index in [4.69, 9.17) is 16.0 Å². The standard InChI is InChI=1S/C13H15BrClNO/c1-8(2)16-4-3-9-7-17-13-11(9)5-10(15)6-12(13)14/h5-8,16H,3-4H2,1-2H3. The van der Waals surface area contributed by atoms with Crippen LogP contribution in [0.2, 0.25) is 5.02 Å². The number of hydrogen-bond donors (Lipinski definition) is 1. The molecular weight excluding hydrogens is 302 g/mol. The van der Waals surface area contributed by atoms with Crippen LogP contribution in [-0.4, -0.2) is 12.6 Å². The Morgan fingerprint density at radius 2 is 2.18 bits per heavy atom. The Balaban J connectivity index is 2.23. The third kappa shape index (κ3) is 3.03. The first-order valence-corrected chi connectivity index (χ1v) is 6.83. The van der Waals surface area contributed by atoms with Crippen LogP contribution < -0.4 is 5.32 Å². The molecule has 0 bridgehead atoms. The second-order valence-corrected chi connectivity index (χ2v) is 5.67. The van der Waals surface area contributed by atoms with E-state index in [0.717, 1.165) is 33.4 Å². The molecule has 0 aliphatic heterocycles. The van der Waals surface area contributed by atoms with Gasteiger partial charge in [-0.1, -0.05) is 25.4 Å². The van der Waals surface area contributed by atoms with E-state index in [0.29, 0.717) is 6.04 Å². The summed E-state index contributed by atoms with van der Waals surface area (Å²) in [5.41, 5.74) is 2.06. The Hall–Kier alpha value is -0.510. The van der Waals surface area contributed by atoms with Gasteiger partial charge in [0.25, 0.3) is 0 Å². The zero-order chi connectivity index (χ0) is 12.4. The Morgan fingerprint density at radius 1 is 1.41 bits per heavy atom. The lowest BCUT2D eigenvalue weighted by molar-refractivity contribution is 0.580. The summed E-state index contributed by atoms with van der Waals surface area (Å²) in [6.07, 6.45) is 2.76. The Bertz CT molecular complexity index is 521. The molecule has 0 spiro atoms. The van der Waals surface area contributed by atoms with Crippen molar-refractivity contribution in [1.82, 2.24) is 5.32 Å². The zero-order valence-electron chi connectivity index (χ0n) is 9.89. The summed E-state index contributed by atoms with van der Waals surface area (Å²) in [5, 5.41) is 5.21. The van der Waals surface area contributed by atoms with E-state index in [1.807, 2.05) is 18.4 Å². The molecule has 1 heterocycles. The van der Waals surface area contributed by atoms with Gasteiger partial charge in [-0.3, -0.25) is 0 Å². The summed E-state index contributed by atoms with van der Waals surface area (Å²) in [5.74, 6) is 0. The lowest BCUT2D eigenvalue weighted by Gasteiger charge is -2.06. The minimum absolute atomic E-state index is 0.503. The van der Waals surface area contributed by atoms with E-state index in [2.05, 4.69) is 35.1 Å². The minimum Gasteiger partial charge on any atom is -0.463 e. The van der Waals surface area contributed by atoms with Gasteiger partial charge < -0.3 is 9.73 Å². The van der Waals surface area contributed by atoms with Crippen molar-refractivity contribution in [3.05, 3.63) is 33.5 Å². The molecule has 0 radical (unpaired) electrons. The minimum atomic E-state index is 0.503. The van der Waals surface area contributed by atoms with Crippen molar-refractivity contribution >= 4 is 38.5 Å². The molecule has 17 heavy (non-hydrogen) atoms. The number of halogens is 2. The van der Waals surface area contributed by atoms with Crippen molar-refractivity contribution in [2.75, 3.05) is 6.54 Å². The van der Waals surface area contributed by atoms with Crippen LogP contribution in [0.3, 0.4) is 0 Å². The zero-order valence-corrected chi connectivity index (χ0v) is 12.2. The van der Waals surface area contributed by atoms with Crippen molar-refractivity contribution in [3.8, 4) is 0 Å². The van der Waals surface area contributed by atoms with Crippen LogP contribution >= 0.6 is 27.5 Å². The van der Waals surface area contributed by atoms with E-state index in [-0.39, 0.29) is 0 Å². The molecule has 2 nitrogen and oxygen atoms in total. The first-order valence-electron chi connectivity index (χ1n) is 5.66. The van der Waals surface area contributed by atoms with Crippen LogP contribution in [0.5, 0.6) is 0 Å². The second kappa shape index (κ2) is 5.42. The van der Waals surface area contributed by atoms with Crippen LogP contribution in [0.1, 0.15) is 19.4 Å². The Labute approximate surface area is 114 Å². The third-order valence-corrected chi connectivity index (χ3v) is 3.43. The SMILES string of the molecule is CC(C)NCCc1coc2c(Br)cc(Cl)cc12.